The van der Waals surface area contributed by atoms with Gasteiger partial charge in [0.05, 0.1) is 13.2 Å². The average molecular weight is 282 g/mol. The van der Waals surface area contributed by atoms with Gasteiger partial charge in [-0.05, 0) is 6.07 Å². The number of aromatic nitrogens is 2. The zero-order valence-corrected chi connectivity index (χ0v) is 11.4. The summed E-state index contributed by atoms with van der Waals surface area (Å²) in [5, 5.41) is 12.1. The van der Waals surface area contributed by atoms with Crippen LogP contribution in [0.25, 0.3) is 0 Å². The minimum absolute atomic E-state index is 0.275. The lowest BCUT2D eigenvalue weighted by atomic mass is 10.2. The van der Waals surface area contributed by atoms with E-state index in [0.29, 0.717) is 25.6 Å². The van der Waals surface area contributed by atoms with Crippen molar-refractivity contribution in [2.75, 3.05) is 18.5 Å². The van der Waals surface area contributed by atoms with Crippen molar-refractivity contribution in [3.05, 3.63) is 41.9 Å². The number of nitrogens with one attached hydrogen (secondary N) is 1. The Morgan fingerprint density at radius 1 is 1.19 bits per heavy atom. The largest absolute Gasteiger partial charge is 0.490 e. The van der Waals surface area contributed by atoms with Gasteiger partial charge in [-0.3, -0.25) is 0 Å². The standard InChI is InChI=1S/C15H14N4O2/c16-9-12-15(18-6-5-17-12)19-10-11-3-1-4-13-14(11)21-8-2-7-20-13/h1,3-6H,2,7-8,10H2,(H,18,19). The molecule has 1 N–H and O–H groups in total. The highest BCUT2D eigenvalue weighted by Crippen LogP contribution is 2.33. The fourth-order valence-corrected chi connectivity index (χ4v) is 2.12. The van der Waals surface area contributed by atoms with Gasteiger partial charge in [0.1, 0.15) is 6.07 Å². The smallest absolute Gasteiger partial charge is 0.182 e. The lowest BCUT2D eigenvalue weighted by molar-refractivity contribution is 0.296. The Morgan fingerprint density at radius 3 is 2.95 bits per heavy atom. The van der Waals surface area contributed by atoms with Gasteiger partial charge in [0.15, 0.2) is 23.0 Å². The number of nitriles is 1. The number of hydrogen-bond acceptors (Lipinski definition) is 6. The molecule has 21 heavy (non-hydrogen) atoms. The minimum Gasteiger partial charge on any atom is -0.490 e. The van der Waals surface area contributed by atoms with Gasteiger partial charge >= 0.3 is 0 Å². The molecular formula is C15H14N4O2. The van der Waals surface area contributed by atoms with E-state index in [2.05, 4.69) is 15.3 Å². The summed E-state index contributed by atoms with van der Waals surface area (Å²) < 4.78 is 11.4. The molecule has 0 saturated heterocycles. The van der Waals surface area contributed by atoms with Crippen LogP contribution >= 0.6 is 0 Å². The molecule has 6 heteroatoms. The quantitative estimate of drug-likeness (QED) is 0.928. The summed E-state index contributed by atoms with van der Waals surface area (Å²) in [5.41, 5.74) is 1.24. The van der Waals surface area contributed by atoms with Crippen molar-refractivity contribution in [2.45, 2.75) is 13.0 Å². The molecule has 1 aliphatic heterocycles. The van der Waals surface area contributed by atoms with Crippen LogP contribution in [0.2, 0.25) is 0 Å². The van der Waals surface area contributed by atoms with Gasteiger partial charge in [0, 0.05) is 30.9 Å². The first-order valence-electron chi connectivity index (χ1n) is 6.71. The second-order valence-corrected chi connectivity index (χ2v) is 4.51. The molecule has 0 unspecified atom stereocenters. The average Bonchev–Trinajstić information content (AvgIpc) is 2.79. The molecule has 1 aliphatic rings. The Balaban J connectivity index is 1.81. The summed E-state index contributed by atoms with van der Waals surface area (Å²) in [6.07, 6.45) is 3.91. The molecule has 6 nitrogen and oxygen atoms in total. The van der Waals surface area contributed by atoms with Crippen LogP contribution in [-0.2, 0) is 6.54 Å². The topological polar surface area (TPSA) is 80.1 Å². The van der Waals surface area contributed by atoms with Crippen LogP contribution in [0.15, 0.2) is 30.6 Å². The fraction of sp³-hybridized carbons (Fsp3) is 0.267. The molecule has 0 amide bonds. The first-order valence-corrected chi connectivity index (χ1v) is 6.71. The van der Waals surface area contributed by atoms with Gasteiger partial charge < -0.3 is 14.8 Å². The van der Waals surface area contributed by atoms with Crippen LogP contribution < -0.4 is 14.8 Å². The van der Waals surface area contributed by atoms with Gasteiger partial charge in [-0.25, -0.2) is 9.97 Å². The number of nitrogens with zero attached hydrogens (tertiary/aromatic N) is 3. The molecule has 0 atom stereocenters. The Bertz CT molecular complexity index is 682. The monoisotopic (exact) mass is 282 g/mol. The van der Waals surface area contributed by atoms with Crippen LogP contribution in [0.4, 0.5) is 5.82 Å². The van der Waals surface area contributed by atoms with E-state index in [1.165, 1.54) is 6.20 Å². The molecule has 0 fully saturated rings. The number of rotatable bonds is 3. The number of anilines is 1. The predicted octanol–water partition coefficient (Wildman–Crippen LogP) is 2.12. The highest BCUT2D eigenvalue weighted by molar-refractivity contribution is 5.51. The second-order valence-electron chi connectivity index (χ2n) is 4.51. The van der Waals surface area contributed by atoms with Gasteiger partial charge in [-0.2, -0.15) is 5.26 Å². The maximum atomic E-state index is 9.01. The highest BCUT2D eigenvalue weighted by Gasteiger charge is 2.14. The van der Waals surface area contributed by atoms with Crippen LogP contribution in [0, 0.1) is 11.3 Å². The number of benzene rings is 1. The number of para-hydroxylation sites is 1. The molecule has 0 aliphatic carbocycles. The molecule has 1 aromatic heterocycles. The third kappa shape index (κ3) is 2.87. The maximum Gasteiger partial charge on any atom is 0.182 e. The van der Waals surface area contributed by atoms with Crippen LogP contribution in [0.1, 0.15) is 17.7 Å². The SMILES string of the molecule is N#Cc1nccnc1NCc1cccc2c1OCCCO2. The third-order valence-corrected chi connectivity index (χ3v) is 3.10. The third-order valence-electron chi connectivity index (χ3n) is 3.10. The molecule has 1 aromatic carbocycles. The van der Waals surface area contributed by atoms with Crippen molar-refractivity contribution in [3.63, 3.8) is 0 Å². The summed E-state index contributed by atoms with van der Waals surface area (Å²) >= 11 is 0. The lowest BCUT2D eigenvalue weighted by Gasteiger charge is -2.13. The van der Waals surface area contributed by atoms with Crippen molar-refractivity contribution >= 4 is 5.82 Å². The highest BCUT2D eigenvalue weighted by atomic mass is 16.5. The molecule has 3 rings (SSSR count). The van der Waals surface area contributed by atoms with Crippen LogP contribution in [0.3, 0.4) is 0 Å². The Labute approximate surface area is 122 Å². The van der Waals surface area contributed by atoms with Gasteiger partial charge in [-0.15, -0.1) is 0 Å². The number of hydrogen-bond donors (Lipinski definition) is 1. The molecule has 2 aromatic rings. The van der Waals surface area contributed by atoms with Crippen molar-refractivity contribution in [2.24, 2.45) is 0 Å². The fourth-order valence-electron chi connectivity index (χ4n) is 2.12. The summed E-state index contributed by atoms with van der Waals surface area (Å²) in [7, 11) is 0. The Kier molecular flexibility index (Phi) is 3.83. The van der Waals surface area contributed by atoms with Crippen molar-refractivity contribution in [3.8, 4) is 17.6 Å². The lowest BCUT2D eigenvalue weighted by Crippen LogP contribution is -2.06. The van der Waals surface area contributed by atoms with E-state index < -0.39 is 0 Å². The van der Waals surface area contributed by atoms with Crippen molar-refractivity contribution in [1.82, 2.24) is 9.97 Å². The van der Waals surface area contributed by atoms with Crippen molar-refractivity contribution in [1.29, 1.82) is 5.26 Å². The molecule has 0 spiro atoms. The van der Waals surface area contributed by atoms with Crippen LogP contribution in [-0.4, -0.2) is 23.2 Å². The van der Waals surface area contributed by atoms with E-state index in [0.717, 1.165) is 23.5 Å². The summed E-state index contributed by atoms with van der Waals surface area (Å²) in [6, 6.07) is 7.79. The number of fused-ring (bicyclic) bond motifs is 1. The zero-order chi connectivity index (χ0) is 14.5. The minimum atomic E-state index is 0.275. The van der Waals surface area contributed by atoms with Crippen LogP contribution in [0.5, 0.6) is 11.5 Å². The summed E-state index contributed by atoms with van der Waals surface area (Å²) in [6.45, 7) is 1.78. The van der Waals surface area contributed by atoms with Gasteiger partial charge in [0.2, 0.25) is 0 Å². The Hall–Kier alpha value is -2.81. The summed E-state index contributed by atoms with van der Waals surface area (Å²) in [4.78, 5) is 8.10. The summed E-state index contributed by atoms with van der Waals surface area (Å²) in [5.74, 6) is 1.98. The molecule has 0 radical (unpaired) electrons. The van der Waals surface area contributed by atoms with E-state index in [4.69, 9.17) is 14.7 Å². The van der Waals surface area contributed by atoms with Crippen molar-refractivity contribution < 1.29 is 9.47 Å². The predicted molar refractivity (Wildman–Crippen MR) is 76.1 cm³/mol. The van der Waals surface area contributed by atoms with E-state index in [9.17, 15) is 0 Å². The first kappa shape index (κ1) is 13.2. The first-order chi connectivity index (χ1) is 10.4. The molecule has 0 saturated carbocycles. The Morgan fingerprint density at radius 2 is 2.05 bits per heavy atom. The molecule has 2 heterocycles. The molecular weight excluding hydrogens is 268 g/mol. The normalized spacial score (nSPS) is 13.1. The molecule has 106 valence electrons. The van der Waals surface area contributed by atoms with E-state index >= 15 is 0 Å². The van der Waals surface area contributed by atoms with Gasteiger partial charge in [-0.1, -0.05) is 12.1 Å². The molecule has 0 bridgehead atoms. The zero-order valence-electron chi connectivity index (χ0n) is 11.4. The number of ether oxygens (including phenoxy) is 2. The van der Waals surface area contributed by atoms with E-state index in [1.54, 1.807) is 6.20 Å². The van der Waals surface area contributed by atoms with Gasteiger partial charge in [0.25, 0.3) is 0 Å². The maximum absolute atomic E-state index is 9.01. The second kappa shape index (κ2) is 6.09. The van der Waals surface area contributed by atoms with E-state index in [-0.39, 0.29) is 5.69 Å². The van der Waals surface area contributed by atoms with E-state index in [1.807, 2.05) is 24.3 Å².